The molecule has 0 spiro atoms. The molecule has 0 amide bonds. The van der Waals surface area contributed by atoms with Gasteiger partial charge in [0.2, 0.25) is 31.3 Å². The molecule has 0 unspecified atom stereocenters. The summed E-state index contributed by atoms with van der Waals surface area (Å²) in [7, 11) is -13.9. The molecule has 23 heavy (non-hydrogen) atoms. The smallest absolute Gasteiger partial charge is 0.221 e. The molecular weight excluding hydrogens is 402 g/mol. The topological polar surface area (TPSA) is 68.3 Å². The number of alkyl halides is 4. The van der Waals surface area contributed by atoms with E-state index < -0.39 is 59.1 Å². The molecule has 0 aliphatic carbocycles. The predicted molar refractivity (Wildman–Crippen MR) is 53.3 cm³/mol. The first-order chi connectivity index (χ1) is 9.92. The van der Waals surface area contributed by atoms with Crippen LogP contribution in [0, 0.1) is 0 Å². The fourth-order valence-electron chi connectivity index (χ4n) is 0.845. The Bertz CT molecular complexity index is 676. The molecule has 0 atom stereocenters. The van der Waals surface area contributed by atoms with Crippen molar-refractivity contribution >= 4 is 19.7 Å². The summed E-state index contributed by atoms with van der Waals surface area (Å²) in [6.07, 6.45) is -7.83. The van der Waals surface area contributed by atoms with Gasteiger partial charge in [0.1, 0.15) is 0 Å². The van der Waals surface area contributed by atoms with Gasteiger partial charge in [-0.25, -0.2) is 16.8 Å². The maximum atomic E-state index is 12.9. The molecule has 0 aromatic heterocycles. The molecule has 0 N–H and O–H groups in total. The van der Waals surface area contributed by atoms with E-state index in [1.165, 1.54) is 0 Å². The van der Waals surface area contributed by atoms with Gasteiger partial charge in [-0.2, -0.15) is 43.9 Å². The largest absolute Gasteiger partial charge is 0.402 e. The quantitative estimate of drug-likeness (QED) is 0.638. The Morgan fingerprint density at radius 3 is 1.00 bits per heavy atom. The molecule has 0 aliphatic heterocycles. The second-order valence-electron chi connectivity index (χ2n) is 3.53. The van der Waals surface area contributed by atoms with Crippen molar-refractivity contribution in [3.05, 3.63) is 23.8 Å². The van der Waals surface area contributed by atoms with Crippen LogP contribution in [0.4, 0.5) is 43.9 Å². The van der Waals surface area contributed by atoms with Crippen molar-refractivity contribution in [2.24, 2.45) is 0 Å². The highest BCUT2D eigenvalue weighted by molar-refractivity contribution is 8.09. The van der Waals surface area contributed by atoms with Crippen molar-refractivity contribution in [3.8, 4) is 0 Å². The van der Waals surface area contributed by atoms with Gasteiger partial charge in [-0.3, -0.25) is 0 Å². The number of hydrogen-bond acceptors (Lipinski definition) is 4. The summed E-state index contributed by atoms with van der Waals surface area (Å²) in [5.74, 6) is -7.94. The summed E-state index contributed by atoms with van der Waals surface area (Å²) in [5, 5.41) is -16.0. The zero-order valence-corrected chi connectivity index (χ0v) is 11.6. The van der Waals surface area contributed by atoms with E-state index in [0.29, 0.717) is 0 Å². The highest BCUT2D eigenvalue weighted by Crippen LogP contribution is 2.40. The van der Waals surface area contributed by atoms with E-state index in [-0.39, 0.29) is 0 Å². The molecule has 136 valence electrons. The van der Waals surface area contributed by atoms with Crippen LogP contribution in [0.25, 0.3) is 0 Å². The van der Waals surface area contributed by atoms with Crippen LogP contribution in [0.15, 0.2) is 23.8 Å². The van der Waals surface area contributed by atoms with Crippen LogP contribution in [0.3, 0.4) is 0 Å². The van der Waals surface area contributed by atoms with E-state index in [2.05, 4.69) is 0 Å². The third-order valence-corrected chi connectivity index (χ3v) is 6.34. The molecule has 0 fully saturated rings. The molecule has 0 rings (SSSR count). The van der Waals surface area contributed by atoms with Gasteiger partial charge in [0, 0.05) is 0 Å². The molecule has 0 radical (unpaired) electrons. The fraction of sp³-hybridized carbons (Fsp3) is 0.429. The van der Waals surface area contributed by atoms with Crippen molar-refractivity contribution in [1.82, 2.24) is 0 Å². The Balaban J connectivity index is 6.11. The minimum atomic E-state index is -6.95. The second-order valence-corrected chi connectivity index (χ2v) is 7.96. The summed E-state index contributed by atoms with van der Waals surface area (Å²) in [6.45, 7) is 0. The van der Waals surface area contributed by atoms with Crippen molar-refractivity contribution < 1.29 is 60.7 Å². The van der Waals surface area contributed by atoms with Gasteiger partial charge in [0.05, 0.1) is 0 Å². The molecule has 0 heterocycles. The maximum absolute atomic E-state index is 12.9. The van der Waals surface area contributed by atoms with Crippen LogP contribution >= 0.6 is 0 Å². The Kier molecular flexibility index (Phi) is 5.93. The monoisotopic (exact) mass is 404 g/mol. The molecule has 16 heteroatoms. The first kappa shape index (κ1) is 21.7. The first-order valence-electron chi connectivity index (χ1n) is 4.54. The van der Waals surface area contributed by atoms with Gasteiger partial charge < -0.3 is 0 Å². The highest BCUT2D eigenvalue weighted by Gasteiger charge is 2.60. The average molecular weight is 404 g/mol. The van der Waals surface area contributed by atoms with Crippen molar-refractivity contribution in [3.63, 3.8) is 0 Å². The molecule has 0 aromatic carbocycles. The number of halogens is 10. The van der Waals surface area contributed by atoms with Gasteiger partial charge in [-0.1, -0.05) is 0 Å². The lowest BCUT2D eigenvalue weighted by Gasteiger charge is -2.18. The fourth-order valence-corrected chi connectivity index (χ4v) is 4.36. The standard InChI is InChI=1S/C7H2F10O4S2/c8-2(4(10)11)6(14,15)22(18,19)1-23(20,21)7(16,17)3(9)5(12)13/h1H2. The van der Waals surface area contributed by atoms with Crippen LogP contribution < -0.4 is 0 Å². The summed E-state index contributed by atoms with van der Waals surface area (Å²) < 4.78 is 166. The van der Waals surface area contributed by atoms with E-state index in [1.807, 2.05) is 0 Å². The lowest BCUT2D eigenvalue weighted by atomic mass is 10.6. The SMILES string of the molecule is O=S(=O)(CS(=O)(=O)C(F)(F)C(F)=C(F)F)C(F)(F)C(F)=C(F)F. The van der Waals surface area contributed by atoms with Gasteiger partial charge in [-0.05, 0) is 0 Å². The van der Waals surface area contributed by atoms with E-state index >= 15 is 0 Å². The lowest BCUT2D eigenvalue weighted by Crippen LogP contribution is -2.41. The van der Waals surface area contributed by atoms with Crippen LogP contribution in [0.5, 0.6) is 0 Å². The molecule has 0 aromatic rings. The van der Waals surface area contributed by atoms with E-state index in [0.717, 1.165) is 0 Å². The Morgan fingerprint density at radius 1 is 0.609 bits per heavy atom. The maximum Gasteiger partial charge on any atom is 0.402 e. The number of sulfone groups is 2. The van der Waals surface area contributed by atoms with Crippen molar-refractivity contribution in [1.29, 1.82) is 0 Å². The third kappa shape index (κ3) is 3.96. The van der Waals surface area contributed by atoms with E-state index in [1.54, 1.807) is 0 Å². The number of hydrogen-bond donors (Lipinski definition) is 0. The second kappa shape index (κ2) is 6.29. The third-order valence-electron chi connectivity index (χ3n) is 1.93. The summed E-state index contributed by atoms with van der Waals surface area (Å²) in [4.78, 5) is 0. The van der Waals surface area contributed by atoms with Crippen molar-refractivity contribution in [2.45, 2.75) is 10.5 Å². The number of rotatable bonds is 6. The van der Waals surface area contributed by atoms with Gasteiger partial charge >= 0.3 is 22.7 Å². The molecule has 0 saturated heterocycles. The molecule has 0 aliphatic rings. The molecular formula is C7H2F10O4S2. The molecule has 4 nitrogen and oxygen atoms in total. The molecule has 0 saturated carbocycles. The van der Waals surface area contributed by atoms with Gasteiger partial charge in [-0.15, -0.1) is 0 Å². The van der Waals surface area contributed by atoms with Crippen LogP contribution in [0.1, 0.15) is 0 Å². The minimum absolute atomic E-state index is 3.50. The Hall–Kier alpha value is -1.32. The van der Waals surface area contributed by atoms with Crippen molar-refractivity contribution in [2.75, 3.05) is 5.08 Å². The first-order valence-corrected chi connectivity index (χ1v) is 7.85. The van der Waals surface area contributed by atoms with E-state index in [4.69, 9.17) is 0 Å². The summed E-state index contributed by atoms with van der Waals surface area (Å²) in [6, 6.07) is 0. The van der Waals surface area contributed by atoms with Gasteiger partial charge in [0.25, 0.3) is 0 Å². The predicted octanol–water partition coefficient (Wildman–Crippen LogP) is 3.11. The van der Waals surface area contributed by atoms with Crippen LogP contribution in [0.2, 0.25) is 0 Å². The van der Waals surface area contributed by atoms with E-state index in [9.17, 15) is 60.7 Å². The Morgan fingerprint density at radius 2 is 0.826 bits per heavy atom. The minimum Gasteiger partial charge on any atom is -0.221 e. The zero-order valence-electron chi connectivity index (χ0n) is 9.94. The highest BCUT2D eigenvalue weighted by atomic mass is 32.3. The molecule has 0 bridgehead atoms. The summed E-state index contributed by atoms with van der Waals surface area (Å²) >= 11 is 0. The lowest BCUT2D eigenvalue weighted by molar-refractivity contribution is 0.0918. The summed E-state index contributed by atoms with van der Waals surface area (Å²) in [5.41, 5.74) is 0. The Labute approximate surface area is 120 Å². The van der Waals surface area contributed by atoms with Crippen LogP contribution in [-0.2, 0) is 19.7 Å². The van der Waals surface area contributed by atoms with Crippen LogP contribution in [-0.4, -0.2) is 32.4 Å². The average Bonchev–Trinajstić information content (AvgIpc) is 2.34. The normalized spacial score (nSPS) is 13.7. The zero-order chi connectivity index (χ0) is 19.0. The van der Waals surface area contributed by atoms with Gasteiger partial charge in [0.15, 0.2) is 5.08 Å².